The van der Waals surface area contributed by atoms with Gasteiger partial charge in [-0.15, -0.1) is 0 Å². The molecule has 1 aliphatic rings. The lowest BCUT2D eigenvalue weighted by Crippen LogP contribution is -2.19. The highest BCUT2D eigenvalue weighted by Gasteiger charge is 2.23. The topological polar surface area (TPSA) is 29.5 Å². The van der Waals surface area contributed by atoms with Crippen molar-refractivity contribution in [3.05, 3.63) is 0 Å². The summed E-state index contributed by atoms with van der Waals surface area (Å²) < 4.78 is 5.55. The summed E-state index contributed by atoms with van der Waals surface area (Å²) in [6.45, 7) is 3.40. The smallest absolute Gasteiger partial charge is 0.0604 e. The van der Waals surface area contributed by atoms with Gasteiger partial charge in [-0.05, 0) is 25.2 Å². The minimum Gasteiger partial charge on any atom is -0.396 e. The van der Waals surface area contributed by atoms with Gasteiger partial charge < -0.3 is 9.84 Å². The largest absolute Gasteiger partial charge is 0.396 e. The first kappa shape index (κ1) is 9.01. The van der Waals surface area contributed by atoms with Crippen molar-refractivity contribution in [1.82, 2.24) is 0 Å². The van der Waals surface area contributed by atoms with Crippen molar-refractivity contribution < 1.29 is 9.84 Å². The fourth-order valence-electron chi connectivity index (χ4n) is 1.79. The minimum absolute atomic E-state index is 0.304. The SMILES string of the molecule is CCC(CCO)C1CCCO1. The van der Waals surface area contributed by atoms with Crippen molar-refractivity contribution in [2.24, 2.45) is 5.92 Å². The summed E-state index contributed by atoms with van der Waals surface area (Å²) in [4.78, 5) is 0. The van der Waals surface area contributed by atoms with E-state index in [9.17, 15) is 0 Å². The maximum atomic E-state index is 8.77. The molecule has 1 N–H and O–H groups in total. The molecule has 0 radical (unpaired) electrons. The number of ether oxygens (including phenoxy) is 1. The molecule has 2 heteroatoms. The summed E-state index contributed by atoms with van der Waals surface area (Å²) in [5.74, 6) is 0.586. The Labute approximate surface area is 68.6 Å². The maximum absolute atomic E-state index is 8.77. The lowest BCUT2D eigenvalue weighted by molar-refractivity contribution is 0.0503. The van der Waals surface area contributed by atoms with E-state index in [1.165, 1.54) is 12.8 Å². The van der Waals surface area contributed by atoms with Crippen LogP contribution in [0.2, 0.25) is 0 Å². The van der Waals surface area contributed by atoms with Crippen molar-refractivity contribution in [3.63, 3.8) is 0 Å². The van der Waals surface area contributed by atoms with Gasteiger partial charge in [0.15, 0.2) is 0 Å². The van der Waals surface area contributed by atoms with E-state index in [-0.39, 0.29) is 0 Å². The third-order valence-electron chi connectivity index (χ3n) is 2.51. The first-order valence-corrected chi connectivity index (χ1v) is 4.61. The zero-order valence-electron chi connectivity index (χ0n) is 7.25. The van der Waals surface area contributed by atoms with Crippen LogP contribution in [0.25, 0.3) is 0 Å². The zero-order valence-corrected chi connectivity index (χ0v) is 7.25. The van der Waals surface area contributed by atoms with Gasteiger partial charge in [-0.1, -0.05) is 13.3 Å². The molecule has 66 valence electrons. The van der Waals surface area contributed by atoms with Crippen molar-refractivity contribution in [3.8, 4) is 0 Å². The Bertz CT molecular complexity index is 97.7. The molecule has 1 saturated heterocycles. The molecule has 0 spiro atoms. The Balaban J connectivity index is 2.27. The van der Waals surface area contributed by atoms with E-state index >= 15 is 0 Å². The fraction of sp³-hybridized carbons (Fsp3) is 1.00. The number of aliphatic hydroxyl groups excluding tert-OH is 1. The molecule has 1 aliphatic heterocycles. The van der Waals surface area contributed by atoms with E-state index in [1.807, 2.05) is 0 Å². The summed E-state index contributed by atoms with van der Waals surface area (Å²) >= 11 is 0. The molecule has 0 amide bonds. The van der Waals surface area contributed by atoms with Crippen LogP contribution in [0.5, 0.6) is 0 Å². The van der Waals surface area contributed by atoms with Crippen LogP contribution in [0.15, 0.2) is 0 Å². The summed E-state index contributed by atoms with van der Waals surface area (Å²) in [6, 6.07) is 0. The quantitative estimate of drug-likeness (QED) is 0.673. The lowest BCUT2D eigenvalue weighted by atomic mass is 9.94. The van der Waals surface area contributed by atoms with E-state index < -0.39 is 0 Å². The second-order valence-electron chi connectivity index (χ2n) is 3.23. The van der Waals surface area contributed by atoms with Crippen LogP contribution < -0.4 is 0 Å². The predicted octanol–water partition coefficient (Wildman–Crippen LogP) is 1.57. The molecular formula is C9H18O2. The highest BCUT2D eigenvalue weighted by Crippen LogP contribution is 2.24. The normalized spacial score (nSPS) is 27.3. The first-order valence-electron chi connectivity index (χ1n) is 4.61. The summed E-state index contributed by atoms with van der Waals surface area (Å²) in [6.07, 6.45) is 4.87. The highest BCUT2D eigenvalue weighted by molar-refractivity contribution is 4.73. The molecule has 0 aromatic carbocycles. The Morgan fingerprint density at radius 2 is 2.45 bits per heavy atom. The third kappa shape index (κ3) is 2.46. The molecule has 0 saturated carbocycles. The number of aliphatic hydroxyl groups is 1. The molecule has 0 aromatic rings. The second-order valence-corrected chi connectivity index (χ2v) is 3.23. The third-order valence-corrected chi connectivity index (χ3v) is 2.51. The van der Waals surface area contributed by atoms with Gasteiger partial charge in [0.05, 0.1) is 6.10 Å². The minimum atomic E-state index is 0.304. The Morgan fingerprint density at radius 3 is 2.91 bits per heavy atom. The van der Waals surface area contributed by atoms with Crippen LogP contribution in [-0.2, 0) is 4.74 Å². The van der Waals surface area contributed by atoms with Crippen LogP contribution in [-0.4, -0.2) is 24.4 Å². The average molecular weight is 158 g/mol. The van der Waals surface area contributed by atoms with Gasteiger partial charge in [0.1, 0.15) is 0 Å². The molecule has 0 aliphatic carbocycles. The van der Waals surface area contributed by atoms with E-state index in [1.54, 1.807) is 0 Å². The van der Waals surface area contributed by atoms with Crippen LogP contribution in [0.3, 0.4) is 0 Å². The van der Waals surface area contributed by atoms with E-state index in [4.69, 9.17) is 9.84 Å². The van der Waals surface area contributed by atoms with Crippen LogP contribution in [0.4, 0.5) is 0 Å². The summed E-state index contributed by atoms with van der Waals surface area (Å²) in [5, 5.41) is 8.77. The second kappa shape index (κ2) is 4.73. The molecule has 1 fully saturated rings. The van der Waals surface area contributed by atoms with E-state index in [0.717, 1.165) is 19.4 Å². The van der Waals surface area contributed by atoms with Crippen molar-refractivity contribution in [2.75, 3.05) is 13.2 Å². The predicted molar refractivity (Wildman–Crippen MR) is 44.5 cm³/mol. The zero-order chi connectivity index (χ0) is 8.10. The maximum Gasteiger partial charge on any atom is 0.0604 e. The molecule has 11 heavy (non-hydrogen) atoms. The average Bonchev–Trinajstić information content (AvgIpc) is 2.52. The Kier molecular flexibility index (Phi) is 3.87. The van der Waals surface area contributed by atoms with Crippen LogP contribution in [0, 0.1) is 5.92 Å². The van der Waals surface area contributed by atoms with Gasteiger partial charge in [0.25, 0.3) is 0 Å². The van der Waals surface area contributed by atoms with Crippen molar-refractivity contribution >= 4 is 0 Å². The van der Waals surface area contributed by atoms with Gasteiger partial charge >= 0.3 is 0 Å². The molecule has 2 unspecified atom stereocenters. The molecule has 2 atom stereocenters. The highest BCUT2D eigenvalue weighted by atomic mass is 16.5. The van der Waals surface area contributed by atoms with Gasteiger partial charge in [0, 0.05) is 13.2 Å². The van der Waals surface area contributed by atoms with Crippen LogP contribution in [0.1, 0.15) is 32.6 Å². The van der Waals surface area contributed by atoms with Gasteiger partial charge in [0.2, 0.25) is 0 Å². The molecule has 2 nitrogen and oxygen atoms in total. The Hall–Kier alpha value is -0.0800. The van der Waals surface area contributed by atoms with E-state index in [2.05, 4.69) is 6.92 Å². The summed E-state index contributed by atoms with van der Waals surface area (Å²) in [5.41, 5.74) is 0. The standard InChI is InChI=1S/C9H18O2/c1-2-8(5-6-10)9-4-3-7-11-9/h8-10H,2-7H2,1H3. The summed E-state index contributed by atoms with van der Waals surface area (Å²) in [7, 11) is 0. The molecule has 1 rings (SSSR count). The Morgan fingerprint density at radius 1 is 1.64 bits per heavy atom. The van der Waals surface area contributed by atoms with Gasteiger partial charge in [-0.25, -0.2) is 0 Å². The monoisotopic (exact) mass is 158 g/mol. The number of hydrogen-bond acceptors (Lipinski definition) is 2. The molecule has 1 heterocycles. The number of hydrogen-bond donors (Lipinski definition) is 1. The molecule has 0 bridgehead atoms. The first-order chi connectivity index (χ1) is 5.38. The van der Waals surface area contributed by atoms with Crippen molar-refractivity contribution in [1.29, 1.82) is 0 Å². The van der Waals surface area contributed by atoms with Crippen molar-refractivity contribution in [2.45, 2.75) is 38.7 Å². The lowest BCUT2D eigenvalue weighted by Gasteiger charge is -2.19. The van der Waals surface area contributed by atoms with Gasteiger partial charge in [-0.2, -0.15) is 0 Å². The number of rotatable bonds is 4. The van der Waals surface area contributed by atoms with Gasteiger partial charge in [-0.3, -0.25) is 0 Å². The van der Waals surface area contributed by atoms with E-state index in [0.29, 0.717) is 18.6 Å². The van der Waals surface area contributed by atoms with Crippen LogP contribution >= 0.6 is 0 Å². The molecular weight excluding hydrogens is 140 g/mol. The fourth-order valence-corrected chi connectivity index (χ4v) is 1.79. The molecule has 0 aromatic heterocycles.